The molecule has 110 valence electrons. The van der Waals surface area contributed by atoms with Gasteiger partial charge in [-0.05, 0) is 13.0 Å². The van der Waals surface area contributed by atoms with Gasteiger partial charge in [0.2, 0.25) is 6.41 Å². The number of nitrogens with zero attached hydrogens (tertiary/aromatic N) is 3. The molecule has 2 aromatic heterocycles. The summed E-state index contributed by atoms with van der Waals surface area (Å²) in [7, 11) is 1.73. The van der Waals surface area contributed by atoms with E-state index in [0.29, 0.717) is 24.5 Å². The number of hydrogen-bond acceptors (Lipinski definition) is 5. The molecule has 0 atom stereocenters. The number of carbonyl (C=O) groups excluding carboxylic acids is 2. The van der Waals surface area contributed by atoms with Crippen molar-refractivity contribution in [2.45, 2.75) is 6.92 Å². The lowest BCUT2D eigenvalue weighted by molar-refractivity contribution is -0.105. The van der Waals surface area contributed by atoms with Crippen molar-refractivity contribution in [2.75, 3.05) is 24.2 Å². The number of nitrogens with one attached hydrogen (secondary N) is 3. The Morgan fingerprint density at radius 1 is 1.48 bits per heavy atom. The zero-order valence-corrected chi connectivity index (χ0v) is 11.8. The molecule has 0 aliphatic heterocycles. The third-order valence-corrected chi connectivity index (χ3v) is 2.83. The lowest BCUT2D eigenvalue weighted by atomic mass is 10.1. The molecule has 0 unspecified atom stereocenters. The van der Waals surface area contributed by atoms with E-state index in [1.165, 1.54) is 4.68 Å². The summed E-state index contributed by atoms with van der Waals surface area (Å²) in [6.07, 6.45) is 5.33. The van der Waals surface area contributed by atoms with Crippen LogP contribution in [-0.4, -0.2) is 40.8 Å². The fourth-order valence-corrected chi connectivity index (χ4v) is 1.93. The summed E-state index contributed by atoms with van der Waals surface area (Å²) >= 11 is 0. The molecule has 21 heavy (non-hydrogen) atoms. The summed E-state index contributed by atoms with van der Waals surface area (Å²) in [6.45, 7) is 2.36. The first-order valence-electron chi connectivity index (χ1n) is 6.41. The van der Waals surface area contributed by atoms with Crippen LogP contribution in [0.15, 0.2) is 24.7 Å². The van der Waals surface area contributed by atoms with E-state index in [4.69, 9.17) is 0 Å². The zero-order chi connectivity index (χ0) is 15.2. The van der Waals surface area contributed by atoms with Gasteiger partial charge in [-0.25, -0.2) is 9.78 Å². The fourth-order valence-electron chi connectivity index (χ4n) is 1.93. The molecule has 0 saturated carbocycles. The molecule has 0 spiro atoms. The van der Waals surface area contributed by atoms with E-state index >= 15 is 0 Å². The molecule has 0 radical (unpaired) electrons. The topological polar surface area (TPSA) is 101 Å². The summed E-state index contributed by atoms with van der Waals surface area (Å²) in [5, 5.41) is 12.2. The third kappa shape index (κ3) is 2.99. The van der Waals surface area contributed by atoms with E-state index < -0.39 is 0 Å². The fraction of sp³-hybridized carbons (Fsp3) is 0.231. The SMILES string of the molecule is CCNC(=O)n1cc(-c2ccnc(NC=O)c2NC)cn1. The number of pyridine rings is 1. The number of hydrogen-bond donors (Lipinski definition) is 3. The number of rotatable bonds is 5. The van der Waals surface area contributed by atoms with E-state index in [1.54, 1.807) is 31.7 Å². The van der Waals surface area contributed by atoms with Crippen molar-refractivity contribution in [3.63, 3.8) is 0 Å². The third-order valence-electron chi connectivity index (χ3n) is 2.83. The van der Waals surface area contributed by atoms with Crippen LogP contribution in [0.25, 0.3) is 11.1 Å². The highest BCUT2D eigenvalue weighted by Gasteiger charge is 2.13. The monoisotopic (exact) mass is 288 g/mol. The molecule has 2 heterocycles. The second-order valence-electron chi connectivity index (χ2n) is 4.10. The largest absolute Gasteiger partial charge is 0.385 e. The molecule has 2 rings (SSSR count). The lowest BCUT2D eigenvalue weighted by Gasteiger charge is -2.11. The average Bonchev–Trinajstić information content (AvgIpc) is 2.97. The van der Waals surface area contributed by atoms with E-state index in [-0.39, 0.29) is 6.03 Å². The summed E-state index contributed by atoms with van der Waals surface area (Å²) in [4.78, 5) is 26.4. The van der Waals surface area contributed by atoms with Crippen LogP contribution in [-0.2, 0) is 4.79 Å². The normalized spacial score (nSPS) is 10.0. The number of aromatic nitrogens is 3. The van der Waals surface area contributed by atoms with Crippen molar-refractivity contribution in [1.82, 2.24) is 20.1 Å². The summed E-state index contributed by atoms with van der Waals surface area (Å²) in [5.74, 6) is 0.413. The van der Waals surface area contributed by atoms with Crippen molar-refractivity contribution in [2.24, 2.45) is 0 Å². The molecule has 0 saturated heterocycles. The van der Waals surface area contributed by atoms with Gasteiger partial charge >= 0.3 is 6.03 Å². The maximum absolute atomic E-state index is 11.7. The first-order chi connectivity index (χ1) is 10.2. The maximum Gasteiger partial charge on any atom is 0.342 e. The van der Waals surface area contributed by atoms with Crippen molar-refractivity contribution in [1.29, 1.82) is 0 Å². The molecule has 2 amide bonds. The van der Waals surface area contributed by atoms with E-state index in [1.807, 2.05) is 6.92 Å². The molecule has 3 N–H and O–H groups in total. The minimum atomic E-state index is -0.296. The standard InChI is InChI=1S/C13H16N6O2/c1-3-15-13(21)19-7-9(6-18-19)10-4-5-16-12(17-8-20)11(10)14-2/h4-8,14H,3H2,1-2H3,(H,15,21)(H,16,17,20). The van der Waals surface area contributed by atoms with Gasteiger partial charge in [-0.15, -0.1) is 0 Å². The smallest absolute Gasteiger partial charge is 0.342 e. The quantitative estimate of drug-likeness (QED) is 0.716. The molecule has 0 aliphatic rings. The number of carbonyl (C=O) groups is 2. The molecule has 2 aromatic rings. The van der Waals surface area contributed by atoms with Gasteiger partial charge in [0.05, 0.1) is 11.9 Å². The molecular formula is C13H16N6O2. The summed E-state index contributed by atoms with van der Waals surface area (Å²) < 4.78 is 1.23. The highest BCUT2D eigenvalue weighted by Crippen LogP contribution is 2.31. The Hall–Kier alpha value is -2.90. The Morgan fingerprint density at radius 2 is 2.29 bits per heavy atom. The van der Waals surface area contributed by atoms with Crippen molar-refractivity contribution in [3.8, 4) is 11.1 Å². The van der Waals surface area contributed by atoms with Crippen LogP contribution in [0, 0.1) is 0 Å². The van der Waals surface area contributed by atoms with Crippen LogP contribution in [0.3, 0.4) is 0 Å². The van der Waals surface area contributed by atoms with Crippen molar-refractivity contribution in [3.05, 3.63) is 24.7 Å². The van der Waals surface area contributed by atoms with Crippen molar-refractivity contribution < 1.29 is 9.59 Å². The number of anilines is 2. The zero-order valence-electron chi connectivity index (χ0n) is 11.8. The number of amides is 2. The van der Waals surface area contributed by atoms with Gasteiger partial charge in [-0.2, -0.15) is 9.78 Å². The van der Waals surface area contributed by atoms with Crippen molar-refractivity contribution >= 4 is 23.9 Å². The molecule has 8 nitrogen and oxygen atoms in total. The Labute approximate surface area is 121 Å². The maximum atomic E-state index is 11.7. The Balaban J connectivity index is 2.40. The molecule has 0 aromatic carbocycles. The van der Waals surface area contributed by atoms with E-state index in [9.17, 15) is 9.59 Å². The van der Waals surface area contributed by atoms with Gasteiger partial charge in [0, 0.05) is 37.1 Å². The van der Waals surface area contributed by atoms with Crippen LogP contribution < -0.4 is 16.0 Å². The van der Waals surface area contributed by atoms with E-state index in [2.05, 4.69) is 26.0 Å². The lowest BCUT2D eigenvalue weighted by Crippen LogP contribution is -2.28. The van der Waals surface area contributed by atoms with Gasteiger partial charge < -0.3 is 16.0 Å². The molecular weight excluding hydrogens is 272 g/mol. The highest BCUT2D eigenvalue weighted by molar-refractivity contribution is 5.89. The minimum Gasteiger partial charge on any atom is -0.385 e. The van der Waals surface area contributed by atoms with Crippen LogP contribution in [0.2, 0.25) is 0 Å². The van der Waals surface area contributed by atoms with Gasteiger partial charge in [0.15, 0.2) is 5.82 Å². The Kier molecular flexibility index (Phi) is 4.50. The first kappa shape index (κ1) is 14.5. The predicted molar refractivity (Wildman–Crippen MR) is 79.2 cm³/mol. The molecule has 0 bridgehead atoms. The minimum absolute atomic E-state index is 0.296. The molecule has 0 fully saturated rings. The van der Waals surface area contributed by atoms with Gasteiger partial charge in [0.1, 0.15) is 0 Å². The Bertz CT molecular complexity index is 652. The van der Waals surface area contributed by atoms with Gasteiger partial charge in [-0.1, -0.05) is 0 Å². The summed E-state index contributed by atoms with van der Waals surface area (Å²) in [5.41, 5.74) is 2.18. The summed E-state index contributed by atoms with van der Waals surface area (Å²) in [6, 6.07) is 1.48. The average molecular weight is 288 g/mol. The van der Waals surface area contributed by atoms with Crippen LogP contribution >= 0.6 is 0 Å². The van der Waals surface area contributed by atoms with Gasteiger partial charge in [0.25, 0.3) is 0 Å². The Morgan fingerprint density at radius 3 is 2.95 bits per heavy atom. The van der Waals surface area contributed by atoms with Crippen LogP contribution in [0.5, 0.6) is 0 Å². The molecule has 0 aliphatic carbocycles. The predicted octanol–water partition coefficient (Wildman–Crippen LogP) is 1.13. The van der Waals surface area contributed by atoms with E-state index in [0.717, 1.165) is 11.1 Å². The van der Waals surface area contributed by atoms with Gasteiger partial charge in [-0.3, -0.25) is 4.79 Å². The second-order valence-corrected chi connectivity index (χ2v) is 4.10. The van der Waals surface area contributed by atoms with Crippen LogP contribution in [0.4, 0.5) is 16.3 Å². The highest BCUT2D eigenvalue weighted by atomic mass is 16.2. The molecule has 8 heteroatoms. The first-order valence-corrected chi connectivity index (χ1v) is 6.41. The van der Waals surface area contributed by atoms with Crippen LogP contribution in [0.1, 0.15) is 6.92 Å². The second kappa shape index (κ2) is 6.51.